The Hall–Kier alpha value is -2.67. The molecule has 7 heteroatoms. The standard InChI is InChI=1S/C24H29FN2O4/c1-3-30-24(29)18-7-5-10-27(14-18)23(28)22-16(2)31-21-9-11-26(15-20(21)22)13-17-6-4-8-19(25)12-17/h4,6,8,12,18H,3,5,7,9-11,13-15H2,1-2H3/t18-/m1/s1. The molecular weight excluding hydrogens is 399 g/mol. The number of hydrogen-bond donors (Lipinski definition) is 0. The fraction of sp³-hybridized carbons (Fsp3) is 0.500. The number of hydrogen-bond acceptors (Lipinski definition) is 5. The van der Waals surface area contributed by atoms with Crippen molar-refractivity contribution in [2.45, 2.75) is 46.2 Å². The summed E-state index contributed by atoms with van der Waals surface area (Å²) in [6.07, 6.45) is 2.23. The van der Waals surface area contributed by atoms with E-state index in [4.69, 9.17) is 9.15 Å². The van der Waals surface area contributed by atoms with Gasteiger partial charge in [0, 0.05) is 44.7 Å². The number of carbonyl (C=O) groups excluding carboxylic acids is 2. The molecule has 0 N–H and O–H groups in total. The monoisotopic (exact) mass is 428 g/mol. The van der Waals surface area contributed by atoms with Crippen LogP contribution in [0.4, 0.5) is 4.39 Å². The van der Waals surface area contributed by atoms with E-state index >= 15 is 0 Å². The first-order chi connectivity index (χ1) is 15.0. The molecule has 31 heavy (non-hydrogen) atoms. The number of amides is 1. The molecule has 1 amide bonds. The maximum atomic E-state index is 13.6. The summed E-state index contributed by atoms with van der Waals surface area (Å²) in [5.74, 6) is 0.657. The summed E-state index contributed by atoms with van der Waals surface area (Å²) in [5, 5.41) is 0. The summed E-state index contributed by atoms with van der Waals surface area (Å²) in [4.78, 5) is 29.6. The van der Waals surface area contributed by atoms with E-state index in [9.17, 15) is 14.0 Å². The van der Waals surface area contributed by atoms with E-state index in [0.29, 0.717) is 50.5 Å². The zero-order chi connectivity index (χ0) is 22.0. The second-order valence-corrected chi connectivity index (χ2v) is 8.37. The molecule has 2 aliphatic heterocycles. The van der Waals surface area contributed by atoms with Gasteiger partial charge in [0.2, 0.25) is 0 Å². The first-order valence-corrected chi connectivity index (χ1v) is 11.0. The Labute approximate surface area is 182 Å². The van der Waals surface area contributed by atoms with Gasteiger partial charge in [0.15, 0.2) is 0 Å². The Kier molecular flexibility index (Phi) is 6.41. The van der Waals surface area contributed by atoms with Crippen LogP contribution in [0.2, 0.25) is 0 Å². The number of aryl methyl sites for hydroxylation is 1. The van der Waals surface area contributed by atoms with E-state index in [1.54, 1.807) is 24.0 Å². The summed E-state index contributed by atoms with van der Waals surface area (Å²) in [7, 11) is 0. The zero-order valence-electron chi connectivity index (χ0n) is 18.2. The van der Waals surface area contributed by atoms with Crippen LogP contribution in [0.15, 0.2) is 28.7 Å². The lowest BCUT2D eigenvalue weighted by Crippen LogP contribution is -2.43. The molecule has 0 aliphatic carbocycles. The normalized spacial score (nSPS) is 19.2. The highest BCUT2D eigenvalue weighted by atomic mass is 19.1. The predicted molar refractivity (Wildman–Crippen MR) is 113 cm³/mol. The van der Waals surface area contributed by atoms with Crippen LogP contribution in [0.5, 0.6) is 0 Å². The number of nitrogens with zero attached hydrogens (tertiary/aromatic N) is 2. The minimum atomic E-state index is -0.273. The van der Waals surface area contributed by atoms with Gasteiger partial charge in [-0.05, 0) is 44.4 Å². The van der Waals surface area contributed by atoms with Crippen LogP contribution in [-0.2, 0) is 29.0 Å². The minimum Gasteiger partial charge on any atom is -0.466 e. The molecule has 3 heterocycles. The maximum absolute atomic E-state index is 13.6. The highest BCUT2D eigenvalue weighted by Crippen LogP contribution is 2.31. The van der Waals surface area contributed by atoms with Gasteiger partial charge in [-0.1, -0.05) is 12.1 Å². The molecule has 0 bridgehead atoms. The zero-order valence-corrected chi connectivity index (χ0v) is 18.2. The van der Waals surface area contributed by atoms with Gasteiger partial charge in [-0.15, -0.1) is 0 Å². The van der Waals surface area contributed by atoms with Gasteiger partial charge in [-0.25, -0.2) is 4.39 Å². The Morgan fingerprint density at radius 1 is 1.29 bits per heavy atom. The van der Waals surface area contributed by atoms with Crippen LogP contribution in [0.25, 0.3) is 0 Å². The lowest BCUT2D eigenvalue weighted by Gasteiger charge is -2.32. The summed E-state index contributed by atoms with van der Waals surface area (Å²) >= 11 is 0. The van der Waals surface area contributed by atoms with E-state index in [2.05, 4.69) is 4.90 Å². The van der Waals surface area contributed by atoms with Crippen molar-refractivity contribution in [1.82, 2.24) is 9.80 Å². The highest BCUT2D eigenvalue weighted by Gasteiger charge is 2.34. The van der Waals surface area contributed by atoms with Crippen molar-refractivity contribution in [1.29, 1.82) is 0 Å². The molecular formula is C24H29FN2O4. The van der Waals surface area contributed by atoms with E-state index in [-0.39, 0.29) is 23.6 Å². The first-order valence-electron chi connectivity index (χ1n) is 11.0. The van der Waals surface area contributed by atoms with Crippen molar-refractivity contribution < 1.29 is 23.1 Å². The van der Waals surface area contributed by atoms with Gasteiger partial charge in [0.05, 0.1) is 18.1 Å². The molecule has 1 aromatic heterocycles. The molecule has 2 aliphatic rings. The molecule has 4 rings (SSSR count). The number of carbonyl (C=O) groups is 2. The summed E-state index contributed by atoms with van der Waals surface area (Å²) in [6.45, 7) is 6.96. The maximum Gasteiger partial charge on any atom is 0.310 e. The van der Waals surface area contributed by atoms with Gasteiger partial charge in [-0.2, -0.15) is 0 Å². The Bertz CT molecular complexity index is 970. The topological polar surface area (TPSA) is 63.0 Å². The molecule has 0 saturated carbocycles. The van der Waals surface area contributed by atoms with Crippen LogP contribution >= 0.6 is 0 Å². The Morgan fingerprint density at radius 3 is 2.90 bits per heavy atom. The summed E-state index contributed by atoms with van der Waals surface area (Å²) in [6, 6.07) is 6.61. The van der Waals surface area contributed by atoms with Gasteiger partial charge in [0.1, 0.15) is 17.3 Å². The molecule has 166 valence electrons. The third-order valence-corrected chi connectivity index (χ3v) is 6.14. The van der Waals surface area contributed by atoms with Gasteiger partial charge < -0.3 is 14.1 Å². The Balaban J connectivity index is 1.51. The third kappa shape index (κ3) is 4.66. The third-order valence-electron chi connectivity index (χ3n) is 6.14. The molecule has 6 nitrogen and oxygen atoms in total. The van der Waals surface area contributed by atoms with Crippen molar-refractivity contribution in [3.8, 4) is 0 Å². The van der Waals surface area contributed by atoms with Crippen molar-refractivity contribution >= 4 is 11.9 Å². The van der Waals surface area contributed by atoms with Crippen molar-refractivity contribution in [3.63, 3.8) is 0 Å². The molecule has 2 aromatic rings. The molecule has 0 radical (unpaired) electrons. The smallest absolute Gasteiger partial charge is 0.310 e. The number of rotatable bonds is 5. The van der Waals surface area contributed by atoms with Crippen LogP contribution in [0.3, 0.4) is 0 Å². The number of furan rings is 1. The second kappa shape index (κ2) is 9.22. The fourth-order valence-electron chi connectivity index (χ4n) is 4.66. The van der Waals surface area contributed by atoms with Crippen molar-refractivity contribution in [2.24, 2.45) is 5.92 Å². The largest absolute Gasteiger partial charge is 0.466 e. The van der Waals surface area contributed by atoms with Gasteiger partial charge in [0.25, 0.3) is 5.91 Å². The minimum absolute atomic E-state index is 0.0795. The van der Waals surface area contributed by atoms with Gasteiger partial charge in [-0.3, -0.25) is 14.5 Å². The number of piperidine rings is 1. The molecule has 1 saturated heterocycles. The number of halogens is 1. The summed E-state index contributed by atoms with van der Waals surface area (Å²) < 4.78 is 24.7. The van der Waals surface area contributed by atoms with Crippen LogP contribution < -0.4 is 0 Å². The van der Waals surface area contributed by atoms with Crippen molar-refractivity contribution in [2.75, 3.05) is 26.2 Å². The predicted octanol–water partition coefficient (Wildman–Crippen LogP) is 3.70. The molecule has 0 unspecified atom stereocenters. The van der Waals surface area contributed by atoms with Crippen LogP contribution in [0.1, 0.15) is 52.8 Å². The van der Waals surface area contributed by atoms with Gasteiger partial charge >= 0.3 is 5.97 Å². The first kappa shape index (κ1) is 21.6. The van der Waals surface area contributed by atoms with E-state index in [0.717, 1.165) is 36.3 Å². The van der Waals surface area contributed by atoms with Crippen LogP contribution in [0, 0.1) is 18.7 Å². The average Bonchev–Trinajstić information content (AvgIpc) is 3.08. The number of likely N-dealkylation sites (tertiary alicyclic amines) is 1. The van der Waals surface area contributed by atoms with E-state index < -0.39 is 0 Å². The molecule has 1 atom stereocenters. The number of benzene rings is 1. The molecule has 0 spiro atoms. The number of ether oxygens (including phenoxy) is 1. The lowest BCUT2D eigenvalue weighted by molar-refractivity contribution is -0.149. The summed E-state index contributed by atoms with van der Waals surface area (Å²) in [5.41, 5.74) is 2.44. The van der Waals surface area contributed by atoms with E-state index in [1.165, 1.54) is 6.07 Å². The number of fused-ring (bicyclic) bond motifs is 1. The second-order valence-electron chi connectivity index (χ2n) is 8.37. The highest BCUT2D eigenvalue weighted by molar-refractivity contribution is 5.97. The quantitative estimate of drug-likeness (QED) is 0.680. The van der Waals surface area contributed by atoms with E-state index in [1.807, 2.05) is 13.0 Å². The molecule has 1 aromatic carbocycles. The SMILES string of the molecule is CCOC(=O)[C@@H]1CCCN(C(=O)c2c(C)oc3c2CN(Cc2cccc(F)c2)CC3)C1. The van der Waals surface area contributed by atoms with Crippen LogP contribution in [-0.4, -0.2) is 47.9 Å². The number of esters is 1. The Morgan fingerprint density at radius 2 is 2.13 bits per heavy atom. The average molecular weight is 429 g/mol. The fourth-order valence-corrected chi connectivity index (χ4v) is 4.66. The lowest BCUT2D eigenvalue weighted by atomic mass is 9.96. The molecule has 1 fully saturated rings. The van der Waals surface area contributed by atoms with Crippen molar-refractivity contribution in [3.05, 3.63) is 58.3 Å².